The summed E-state index contributed by atoms with van der Waals surface area (Å²) in [5, 5.41) is 11.2. The number of hydrogen-bond donors (Lipinski definition) is 1. The Morgan fingerprint density at radius 1 is 0.462 bits per heavy atom. The predicted molar refractivity (Wildman–Crippen MR) is 503 cm³/mol. The van der Waals surface area contributed by atoms with Crippen LogP contribution in [0, 0.1) is 70.6 Å². The van der Waals surface area contributed by atoms with E-state index < -0.39 is 41.4 Å². The maximum Gasteiger partial charge on any atom is -0.147 e. The average molecular weight is 2200 g/mol. The third-order valence-corrected chi connectivity index (χ3v) is 46.9. The molecule has 20 rings (SSSR count). The topological polar surface area (TPSA) is 303 Å². The third kappa shape index (κ3) is 23.3. The number of carbonyl (C=O) groups is 3. The Hall–Kier alpha value is -6.48. The first-order chi connectivity index (χ1) is 62.2. The zero-order valence-corrected chi connectivity index (χ0v) is 85.3. The van der Waals surface area contributed by atoms with E-state index in [1.165, 1.54) is 36.5 Å². The number of amides is 3. The average Bonchev–Trinajstić information content (AvgIpc) is 1.55. The largest absolute Gasteiger partial charge is 0.147 e. The van der Waals surface area contributed by atoms with E-state index in [4.69, 9.17) is 52.1 Å². The van der Waals surface area contributed by atoms with Crippen LogP contribution in [0.2, 0.25) is 13.3 Å². The molecule has 702 valence electrons. The maximum atomic E-state index is 14.4. The van der Waals surface area contributed by atoms with Crippen LogP contribution < -0.4 is 28.0 Å². The van der Waals surface area contributed by atoms with Crippen LogP contribution in [0.5, 0.6) is 23.5 Å². The summed E-state index contributed by atoms with van der Waals surface area (Å²) in [6.07, 6.45) is 17.9. The maximum absolute atomic E-state index is 14.4. The molecule has 10 fully saturated rings. The van der Waals surface area contributed by atoms with Gasteiger partial charge in [-0.1, -0.05) is 0 Å². The number of aromatic nitrogens is 10. The quantitative estimate of drug-likeness (QED) is 0.0397. The van der Waals surface area contributed by atoms with Crippen LogP contribution in [0.4, 0.5) is 31.9 Å². The van der Waals surface area contributed by atoms with Crippen molar-refractivity contribution in [1.82, 2.24) is 69.9 Å². The van der Waals surface area contributed by atoms with Gasteiger partial charge in [0.15, 0.2) is 5.82 Å². The molecule has 3 amide bonds. The van der Waals surface area contributed by atoms with Crippen LogP contribution in [0.25, 0.3) is 52.1 Å². The fourth-order valence-electron chi connectivity index (χ4n) is 18.0. The Labute approximate surface area is 803 Å². The smallest absolute Gasteiger partial charge is 0.147 e. The summed E-state index contributed by atoms with van der Waals surface area (Å²) in [5.74, 6) is 0.970. The van der Waals surface area contributed by atoms with Gasteiger partial charge in [-0.2, -0.15) is 0 Å². The first kappa shape index (κ1) is 98.0. The number of nitrogens with one attached hydrogen (secondary N) is 1. The number of unbranched alkanes of at least 4 members (excludes halogenated alkanes) is 3. The fraction of sp³-hybridized carbons (Fsp3) is 0.584. The summed E-state index contributed by atoms with van der Waals surface area (Å²) in [5.41, 5.74) is 2.55. The second-order valence-corrected chi connectivity index (χ2v) is 55.5. The van der Waals surface area contributed by atoms with E-state index in [2.05, 4.69) is 124 Å². The zero-order chi connectivity index (χ0) is 90.5. The van der Waals surface area contributed by atoms with E-state index in [-0.39, 0.29) is 113 Å². The van der Waals surface area contributed by atoms with Crippen molar-refractivity contribution in [1.29, 1.82) is 0 Å². The van der Waals surface area contributed by atoms with Gasteiger partial charge >= 0.3 is 151 Å². The van der Waals surface area contributed by atoms with E-state index in [1.54, 1.807) is 55.5 Å². The van der Waals surface area contributed by atoms with E-state index in [1.807, 2.05) is 55.7 Å². The SMILES string of the molecule is Brc1csc2c(OC3C4CNCC3COC4)ncnc12.CC(C)(C)OC(=O)N1CC2COCC(C1)C2Oc1ncnc2c(Br)csc12.CC1(OC(=O)N2CC3COCC(C2)C3Oc2ncnc3c(-c4ncc(F)cc4F)csc23)CC1.CC1(OC(=O)N2CC3COCC(C2)C3Oc2ncnc3c(Br)csc23)CC1.CCC[CH2][Sn]([CH2]CCC)([CH2]CCC)[c]1ncc(F)cc1F.Cl. The number of rotatable bonds is 21. The molecule has 10 aromatic heterocycles. The molecule has 0 spiro atoms. The number of piperidine rings is 4. The van der Waals surface area contributed by atoms with Gasteiger partial charge in [0.25, 0.3) is 0 Å². The first-order valence-electron chi connectivity index (χ1n) is 44.3. The van der Waals surface area contributed by atoms with Gasteiger partial charge in [-0.3, -0.25) is 0 Å². The van der Waals surface area contributed by atoms with Crippen LogP contribution >= 0.6 is 106 Å². The second-order valence-electron chi connectivity index (χ2n) is 36.4. The van der Waals surface area contributed by atoms with E-state index in [0.29, 0.717) is 134 Å². The van der Waals surface area contributed by atoms with Crippen molar-refractivity contribution in [2.24, 2.45) is 47.3 Å². The summed E-state index contributed by atoms with van der Waals surface area (Å²) in [6, 6.07) is 1.84. The molecule has 41 heteroatoms. The van der Waals surface area contributed by atoms with Crippen molar-refractivity contribution in [3.05, 3.63) is 108 Å². The minimum absolute atomic E-state index is 0. The van der Waals surface area contributed by atoms with E-state index in [9.17, 15) is 31.9 Å². The molecule has 8 unspecified atom stereocenters. The number of halogens is 8. The molecule has 8 bridgehead atoms. The summed E-state index contributed by atoms with van der Waals surface area (Å²) in [7, 11) is 0. The van der Waals surface area contributed by atoms with Gasteiger partial charge in [0, 0.05) is 133 Å². The minimum atomic E-state index is -2.84. The number of pyridine rings is 2. The number of likely N-dealkylation sites (tertiary alicyclic amines) is 3. The Bertz CT molecular complexity index is 5380. The molecule has 130 heavy (non-hydrogen) atoms. The molecule has 2 aliphatic carbocycles. The summed E-state index contributed by atoms with van der Waals surface area (Å²) >= 11 is 13.7. The van der Waals surface area contributed by atoms with Crippen molar-refractivity contribution in [3.63, 3.8) is 0 Å². The summed E-state index contributed by atoms with van der Waals surface area (Å²) in [6.45, 7) is 26.0. The molecule has 18 heterocycles. The molecule has 0 aromatic carbocycles. The van der Waals surface area contributed by atoms with Crippen molar-refractivity contribution in [3.8, 4) is 34.8 Å². The molecule has 8 atom stereocenters. The third-order valence-electron chi connectivity index (χ3n) is 25.2. The fourth-order valence-corrected chi connectivity index (χ4v) is 39.1. The summed E-state index contributed by atoms with van der Waals surface area (Å²) in [4.78, 5) is 85.8. The number of nitrogens with zero attached hydrogens (tertiary/aromatic N) is 13. The predicted octanol–water partition coefficient (Wildman–Crippen LogP) is 19.1. The molecule has 10 aliphatic rings. The molecule has 10 aromatic rings. The number of hydrogen-bond acceptors (Lipinski definition) is 29. The second kappa shape index (κ2) is 43.3. The van der Waals surface area contributed by atoms with Gasteiger partial charge in [-0.25, -0.2) is 68.0 Å². The van der Waals surface area contributed by atoms with Crippen molar-refractivity contribution >= 4 is 187 Å². The van der Waals surface area contributed by atoms with Gasteiger partial charge < -0.3 is 72.1 Å². The Balaban J connectivity index is 0.000000126. The molecule has 28 nitrogen and oxygen atoms in total. The summed E-state index contributed by atoms with van der Waals surface area (Å²) < 4.78 is 131. The van der Waals surface area contributed by atoms with Crippen LogP contribution in [0.3, 0.4) is 0 Å². The number of thiophene rings is 4. The van der Waals surface area contributed by atoms with Crippen molar-refractivity contribution in [2.45, 2.75) is 174 Å². The van der Waals surface area contributed by atoms with Crippen LogP contribution in [-0.2, 0) is 33.2 Å². The van der Waals surface area contributed by atoms with Crippen LogP contribution in [-0.4, -0.2) is 248 Å². The Morgan fingerprint density at radius 2 is 0.785 bits per heavy atom. The van der Waals surface area contributed by atoms with Crippen molar-refractivity contribution < 1.29 is 84.1 Å². The minimum Gasteiger partial charge on any atom is -0.147 e. The Kier molecular flexibility index (Phi) is 32.6. The molecule has 1 N–H and O–H groups in total. The molecule has 0 radical (unpaired) electrons. The monoisotopic (exact) mass is 2190 g/mol. The normalized spacial score (nSPS) is 24.3. The molecular weight excluding hydrogens is 2090 g/mol. The first-order valence-corrected chi connectivity index (χ1v) is 57.6. The Morgan fingerprint density at radius 3 is 1.13 bits per heavy atom. The zero-order valence-electron chi connectivity index (χ0n) is 73.6. The van der Waals surface area contributed by atoms with Crippen LogP contribution in [0.1, 0.15) is 120 Å². The molecule has 2 saturated carbocycles. The van der Waals surface area contributed by atoms with Gasteiger partial charge in [0.05, 0.1) is 78.0 Å². The van der Waals surface area contributed by atoms with E-state index in [0.717, 1.165) is 166 Å². The standard InChI is InChI=1S/C23H22F2N4O4S.C18H20BrN3O4S.C18H22BrN3O4S.C13H14BrN3O2S.C5H2F2N.3C4H9.ClH.Sn/c1-23(2-3-23)33-22(30)29-6-12-8-31-9-13(7-29)19(12)32-21-20-18(27-11-28-21)15(10-34-20)17-16(25)4-14(24)5-26-17;1-18(2-3-18)26-17(23)22-4-10-6-24-7-11(5-22)14(10)25-16-15-13(20-9-21-16)12(19)8-27-15;1-18(2,3)26-17(23)22-4-10-6-24-7-11(5-22)14(10)25-16-15-13(20-9-21-16)12(19)8-27-15;14-9-5-20-12-10(9)16-6-17-13(12)19-11-7-1-15-2-8(11)4-18-3-7;6-4-1-5(7)3-8-2-4;3*1-3-4-2;;/h4-5,10-13,19H,2-3,6-9H2,1H3;8-11,14H,2-7H2,1H3;8-11,14H,4-7H2,1-3H3;5-8,11,15H,1-4H2;1-2H;3*1,3-4H2,2H3;1H;. The molecule has 8 saturated heterocycles. The number of carbonyl (C=O) groups excluding carboxylic acids is 3. The number of ether oxygens (including phenoxy) is 11. The number of fused-ring (bicyclic) bond motifs is 12. The van der Waals surface area contributed by atoms with Crippen LogP contribution in [0.15, 0.2) is 84.8 Å². The van der Waals surface area contributed by atoms with Gasteiger partial charge in [0.2, 0.25) is 23.5 Å². The van der Waals surface area contributed by atoms with Gasteiger partial charge in [-0.05, 0) is 108 Å². The van der Waals surface area contributed by atoms with E-state index >= 15 is 0 Å². The van der Waals surface area contributed by atoms with Gasteiger partial charge in [0.1, 0.15) is 113 Å². The molecule has 8 aliphatic heterocycles. The molecular formula is C89H108Br3ClF4N14O14S4Sn. The van der Waals surface area contributed by atoms with Gasteiger partial charge in [-0.15, -0.1) is 57.8 Å². The van der Waals surface area contributed by atoms with Crippen molar-refractivity contribution in [2.75, 3.05) is 105 Å².